The fourth-order valence-electron chi connectivity index (χ4n) is 3.88. The highest BCUT2D eigenvalue weighted by Gasteiger charge is 2.31. The molecule has 1 N–H and O–H groups in total. The van der Waals surface area contributed by atoms with E-state index in [4.69, 9.17) is 11.6 Å². The number of carbonyl (C=O) groups is 1. The van der Waals surface area contributed by atoms with E-state index in [0.29, 0.717) is 16.7 Å². The van der Waals surface area contributed by atoms with E-state index in [1.807, 2.05) is 84.6 Å². The van der Waals surface area contributed by atoms with Gasteiger partial charge in [-0.15, -0.1) is 0 Å². The van der Waals surface area contributed by atoms with Gasteiger partial charge in [0.1, 0.15) is 12.6 Å². The van der Waals surface area contributed by atoms with E-state index in [9.17, 15) is 4.79 Å². The number of amides is 1. The minimum Gasteiger partial charge on any atom is -0.324 e. The summed E-state index contributed by atoms with van der Waals surface area (Å²) in [7, 11) is 0. The zero-order valence-corrected chi connectivity index (χ0v) is 18.6. The molecule has 0 spiro atoms. The Labute approximate surface area is 196 Å². The molecular weight excluding hydrogens is 436 g/mol. The Balaban J connectivity index is 1.51. The standard InChI is InChI=1S/C25H21ClN6O/c1-17-12-13-20(14-21(17)26)27-24(33)16-31-22(18-8-4-2-5-9-18)15-23(19-10-6-3-7-11-19)32-25(31)28-29-30-32/h2-15,23H,16H2,1H3,(H,27,33)/t23-/m0/s1. The lowest BCUT2D eigenvalue weighted by molar-refractivity contribution is -0.114. The molecule has 0 unspecified atom stereocenters. The van der Waals surface area contributed by atoms with E-state index in [-0.39, 0.29) is 18.5 Å². The molecular formula is C25H21ClN6O. The molecule has 0 bridgehead atoms. The second-order valence-electron chi connectivity index (χ2n) is 7.80. The van der Waals surface area contributed by atoms with Gasteiger partial charge in [-0.25, -0.2) is 0 Å². The molecule has 1 aliphatic heterocycles. The summed E-state index contributed by atoms with van der Waals surface area (Å²) in [5, 5.41) is 15.9. The molecule has 1 aliphatic rings. The summed E-state index contributed by atoms with van der Waals surface area (Å²) >= 11 is 6.22. The van der Waals surface area contributed by atoms with Crippen LogP contribution in [0.1, 0.15) is 22.7 Å². The number of aryl methyl sites for hydroxylation is 1. The number of benzene rings is 3. The van der Waals surface area contributed by atoms with Gasteiger partial charge in [0.05, 0.1) is 5.70 Å². The van der Waals surface area contributed by atoms with Crippen LogP contribution in [-0.4, -0.2) is 32.7 Å². The molecule has 0 fully saturated rings. The zero-order chi connectivity index (χ0) is 22.8. The SMILES string of the molecule is Cc1ccc(NC(=O)CN2C(c3ccccc3)=C[C@@H](c3ccccc3)n3nnnc32)cc1Cl. The highest BCUT2D eigenvalue weighted by atomic mass is 35.5. The molecule has 164 valence electrons. The number of tetrazole rings is 1. The maximum atomic E-state index is 13.0. The number of carbonyl (C=O) groups excluding carboxylic acids is 1. The summed E-state index contributed by atoms with van der Waals surface area (Å²) < 4.78 is 1.73. The monoisotopic (exact) mass is 456 g/mol. The summed E-state index contributed by atoms with van der Waals surface area (Å²) in [6.07, 6.45) is 2.09. The first kappa shape index (κ1) is 20.9. The van der Waals surface area contributed by atoms with Gasteiger partial charge in [0, 0.05) is 10.7 Å². The van der Waals surface area contributed by atoms with Crippen molar-refractivity contribution in [2.75, 3.05) is 16.8 Å². The molecule has 1 aromatic heterocycles. The first-order chi connectivity index (χ1) is 16.1. The third kappa shape index (κ3) is 4.23. The number of halogens is 1. The topological polar surface area (TPSA) is 75.9 Å². The molecule has 2 heterocycles. The van der Waals surface area contributed by atoms with Gasteiger partial charge >= 0.3 is 0 Å². The zero-order valence-electron chi connectivity index (χ0n) is 17.9. The maximum Gasteiger partial charge on any atom is 0.251 e. The Morgan fingerprint density at radius 2 is 1.76 bits per heavy atom. The Kier molecular flexibility index (Phi) is 5.62. The van der Waals surface area contributed by atoms with Gasteiger partial charge in [0.25, 0.3) is 5.95 Å². The van der Waals surface area contributed by atoms with Gasteiger partial charge in [0.2, 0.25) is 5.91 Å². The van der Waals surface area contributed by atoms with Crippen molar-refractivity contribution in [3.05, 3.63) is 107 Å². The van der Waals surface area contributed by atoms with E-state index < -0.39 is 0 Å². The first-order valence-electron chi connectivity index (χ1n) is 10.5. The Bertz CT molecular complexity index is 1320. The van der Waals surface area contributed by atoms with E-state index in [1.54, 1.807) is 10.7 Å². The van der Waals surface area contributed by atoms with Crippen LogP contribution in [0, 0.1) is 6.92 Å². The highest BCUT2D eigenvalue weighted by Crippen LogP contribution is 2.36. The van der Waals surface area contributed by atoms with Gasteiger partial charge in [-0.2, -0.15) is 4.68 Å². The van der Waals surface area contributed by atoms with Crippen molar-refractivity contribution < 1.29 is 4.79 Å². The number of nitrogens with zero attached hydrogens (tertiary/aromatic N) is 5. The van der Waals surface area contributed by atoms with Gasteiger partial charge in [0.15, 0.2) is 0 Å². The van der Waals surface area contributed by atoms with Gasteiger partial charge in [-0.05, 0) is 52.2 Å². The number of rotatable bonds is 5. The summed E-state index contributed by atoms with van der Waals surface area (Å²) in [4.78, 5) is 14.9. The molecule has 0 radical (unpaired) electrons. The van der Waals surface area contributed by atoms with Crippen molar-refractivity contribution in [2.45, 2.75) is 13.0 Å². The first-order valence-corrected chi connectivity index (χ1v) is 10.9. The number of aromatic nitrogens is 4. The summed E-state index contributed by atoms with van der Waals surface area (Å²) in [6, 6.07) is 25.2. The number of hydrogen-bond donors (Lipinski definition) is 1. The van der Waals surface area contributed by atoms with Crippen LogP contribution in [-0.2, 0) is 4.79 Å². The number of allylic oxidation sites excluding steroid dienone is 1. The molecule has 0 aliphatic carbocycles. The van der Waals surface area contributed by atoms with Crippen molar-refractivity contribution in [3.63, 3.8) is 0 Å². The molecule has 0 saturated heterocycles. The second kappa shape index (κ2) is 8.88. The molecule has 5 rings (SSSR count). The van der Waals surface area contributed by atoms with Crippen LogP contribution in [0.4, 0.5) is 11.6 Å². The number of anilines is 2. The quantitative estimate of drug-likeness (QED) is 0.470. The Morgan fingerprint density at radius 3 is 2.48 bits per heavy atom. The molecule has 0 saturated carbocycles. The van der Waals surface area contributed by atoms with Crippen LogP contribution in [0.3, 0.4) is 0 Å². The van der Waals surface area contributed by atoms with Crippen LogP contribution < -0.4 is 10.2 Å². The number of fused-ring (bicyclic) bond motifs is 1. The molecule has 4 aromatic rings. The molecule has 33 heavy (non-hydrogen) atoms. The third-order valence-corrected chi connectivity index (χ3v) is 5.96. The number of nitrogens with one attached hydrogen (secondary N) is 1. The third-order valence-electron chi connectivity index (χ3n) is 5.55. The van der Waals surface area contributed by atoms with Gasteiger partial charge in [-0.3, -0.25) is 9.69 Å². The van der Waals surface area contributed by atoms with Crippen LogP contribution in [0.25, 0.3) is 5.70 Å². The fraction of sp³-hybridized carbons (Fsp3) is 0.120. The van der Waals surface area contributed by atoms with Crippen LogP contribution >= 0.6 is 11.6 Å². The van der Waals surface area contributed by atoms with Crippen LogP contribution in [0.5, 0.6) is 0 Å². The average molecular weight is 457 g/mol. The van der Waals surface area contributed by atoms with Crippen molar-refractivity contribution in [2.24, 2.45) is 0 Å². The molecule has 7 nitrogen and oxygen atoms in total. The minimum atomic E-state index is -0.204. The van der Waals surface area contributed by atoms with E-state index in [0.717, 1.165) is 22.4 Å². The van der Waals surface area contributed by atoms with E-state index >= 15 is 0 Å². The Hall–Kier alpha value is -3.97. The van der Waals surface area contributed by atoms with E-state index in [2.05, 4.69) is 26.9 Å². The van der Waals surface area contributed by atoms with Crippen molar-refractivity contribution >= 4 is 34.8 Å². The fourth-order valence-corrected chi connectivity index (χ4v) is 4.06. The maximum absolute atomic E-state index is 13.0. The molecule has 1 atom stereocenters. The minimum absolute atomic E-state index is 0.0358. The van der Waals surface area contributed by atoms with Crippen molar-refractivity contribution in [3.8, 4) is 0 Å². The molecule has 8 heteroatoms. The lowest BCUT2D eigenvalue weighted by Gasteiger charge is -2.32. The lowest BCUT2D eigenvalue weighted by Crippen LogP contribution is -2.37. The van der Waals surface area contributed by atoms with Crippen molar-refractivity contribution in [1.82, 2.24) is 20.2 Å². The predicted octanol–water partition coefficient (Wildman–Crippen LogP) is 4.72. The van der Waals surface area contributed by atoms with Gasteiger partial charge < -0.3 is 5.32 Å². The predicted molar refractivity (Wildman–Crippen MR) is 129 cm³/mol. The van der Waals surface area contributed by atoms with Crippen LogP contribution in [0.15, 0.2) is 84.9 Å². The lowest BCUT2D eigenvalue weighted by atomic mass is 10.0. The molecule has 3 aromatic carbocycles. The molecule has 1 amide bonds. The normalized spacial score (nSPS) is 15.0. The summed E-state index contributed by atoms with van der Waals surface area (Å²) in [5.41, 5.74) is 4.48. The summed E-state index contributed by atoms with van der Waals surface area (Å²) in [5.74, 6) is 0.298. The summed E-state index contributed by atoms with van der Waals surface area (Å²) in [6.45, 7) is 1.95. The second-order valence-corrected chi connectivity index (χ2v) is 8.20. The van der Waals surface area contributed by atoms with Gasteiger partial charge in [-0.1, -0.05) is 83.4 Å². The van der Waals surface area contributed by atoms with E-state index in [1.165, 1.54) is 0 Å². The van der Waals surface area contributed by atoms with Crippen LogP contribution in [0.2, 0.25) is 5.02 Å². The smallest absolute Gasteiger partial charge is 0.251 e. The Morgan fingerprint density at radius 1 is 1.03 bits per heavy atom. The average Bonchev–Trinajstić information content (AvgIpc) is 3.33. The number of hydrogen-bond acceptors (Lipinski definition) is 5. The highest BCUT2D eigenvalue weighted by molar-refractivity contribution is 6.31. The largest absolute Gasteiger partial charge is 0.324 e. The van der Waals surface area contributed by atoms with Crippen molar-refractivity contribution in [1.29, 1.82) is 0 Å².